The highest BCUT2D eigenvalue weighted by atomic mass is 16.5. The van der Waals surface area contributed by atoms with Crippen molar-refractivity contribution < 1.29 is 18.8 Å². The van der Waals surface area contributed by atoms with Crippen molar-refractivity contribution in [2.75, 3.05) is 13.7 Å². The monoisotopic (exact) mass is 316 g/mol. The summed E-state index contributed by atoms with van der Waals surface area (Å²) in [5.74, 6) is 1.19. The zero-order valence-electron chi connectivity index (χ0n) is 13.5. The smallest absolute Gasteiger partial charge is 0.337 e. The number of ether oxygens (including phenoxy) is 2. The molecule has 1 aliphatic rings. The summed E-state index contributed by atoms with van der Waals surface area (Å²) >= 11 is 0. The van der Waals surface area contributed by atoms with Crippen LogP contribution in [-0.2, 0) is 9.47 Å². The predicted molar refractivity (Wildman–Crippen MR) is 83.0 cm³/mol. The summed E-state index contributed by atoms with van der Waals surface area (Å²) in [6.07, 6.45) is 0.983. The molecule has 1 aromatic carbocycles. The normalized spacial score (nSPS) is 20.9. The number of benzene rings is 1. The third-order valence-corrected chi connectivity index (χ3v) is 4.09. The van der Waals surface area contributed by atoms with Crippen LogP contribution in [0.2, 0.25) is 0 Å². The second-order valence-electron chi connectivity index (χ2n) is 6.00. The fraction of sp³-hybridized carbons (Fsp3) is 0.471. The Morgan fingerprint density at radius 2 is 2.22 bits per heavy atom. The minimum Gasteiger partial charge on any atom is -0.465 e. The molecule has 2 heterocycles. The Balaban J connectivity index is 1.86. The quantitative estimate of drug-likeness (QED) is 0.807. The minimum atomic E-state index is -0.389. The van der Waals surface area contributed by atoms with E-state index in [-0.39, 0.29) is 18.0 Å². The second kappa shape index (κ2) is 6.50. The zero-order valence-corrected chi connectivity index (χ0v) is 13.5. The van der Waals surface area contributed by atoms with Crippen LogP contribution in [-0.4, -0.2) is 35.9 Å². The van der Waals surface area contributed by atoms with Gasteiger partial charge in [0.2, 0.25) is 11.7 Å². The maximum Gasteiger partial charge on any atom is 0.337 e. The predicted octanol–water partition coefficient (Wildman–Crippen LogP) is 3.05. The van der Waals surface area contributed by atoms with Gasteiger partial charge in [-0.05, 0) is 24.5 Å². The number of carbonyl (C=O) groups is 1. The van der Waals surface area contributed by atoms with Crippen molar-refractivity contribution in [1.29, 1.82) is 0 Å². The van der Waals surface area contributed by atoms with Gasteiger partial charge in [0.1, 0.15) is 0 Å². The van der Waals surface area contributed by atoms with Crippen LogP contribution < -0.4 is 0 Å². The van der Waals surface area contributed by atoms with Crippen molar-refractivity contribution in [1.82, 2.24) is 10.1 Å². The molecule has 1 fully saturated rings. The first-order valence-corrected chi connectivity index (χ1v) is 7.74. The Labute approximate surface area is 134 Å². The highest BCUT2D eigenvalue weighted by Crippen LogP contribution is 2.35. The third-order valence-electron chi connectivity index (χ3n) is 4.09. The minimum absolute atomic E-state index is 0.102. The number of rotatable bonds is 4. The van der Waals surface area contributed by atoms with Gasteiger partial charge in [0, 0.05) is 12.2 Å². The molecular formula is C17H20N2O4. The molecule has 1 saturated heterocycles. The summed E-state index contributed by atoms with van der Waals surface area (Å²) in [5, 5.41) is 4.06. The van der Waals surface area contributed by atoms with Crippen LogP contribution in [0.1, 0.15) is 42.4 Å². The van der Waals surface area contributed by atoms with E-state index >= 15 is 0 Å². The Hall–Kier alpha value is -2.21. The molecule has 0 amide bonds. The lowest BCUT2D eigenvalue weighted by Gasteiger charge is -2.18. The SMILES string of the molecule is COC(=O)c1cccc(-c2noc([C@H]3CCO[C@@H]3C(C)C)n2)c1. The molecule has 0 aliphatic carbocycles. The van der Waals surface area contributed by atoms with Gasteiger partial charge in [-0.2, -0.15) is 4.98 Å². The van der Waals surface area contributed by atoms with E-state index in [0.29, 0.717) is 29.8 Å². The highest BCUT2D eigenvalue weighted by molar-refractivity contribution is 5.90. The number of aromatic nitrogens is 2. The summed E-state index contributed by atoms with van der Waals surface area (Å²) in [5.41, 5.74) is 1.18. The number of hydrogen-bond acceptors (Lipinski definition) is 6. The Kier molecular flexibility index (Phi) is 4.43. The molecule has 0 saturated carbocycles. The van der Waals surface area contributed by atoms with Crippen LogP contribution in [0.15, 0.2) is 28.8 Å². The molecule has 2 atom stereocenters. The molecule has 0 radical (unpaired) electrons. The Morgan fingerprint density at radius 1 is 1.39 bits per heavy atom. The van der Waals surface area contributed by atoms with E-state index in [1.165, 1.54) is 7.11 Å². The molecule has 3 rings (SSSR count). The van der Waals surface area contributed by atoms with E-state index in [4.69, 9.17) is 14.0 Å². The molecular weight excluding hydrogens is 296 g/mol. The lowest BCUT2D eigenvalue weighted by atomic mass is 9.93. The molecule has 0 N–H and O–H groups in total. The van der Waals surface area contributed by atoms with Gasteiger partial charge in [-0.25, -0.2) is 4.79 Å². The summed E-state index contributed by atoms with van der Waals surface area (Å²) < 4.78 is 16.0. The zero-order chi connectivity index (χ0) is 16.4. The third kappa shape index (κ3) is 3.12. The number of nitrogens with zero attached hydrogens (tertiary/aromatic N) is 2. The van der Waals surface area contributed by atoms with Gasteiger partial charge in [0.05, 0.1) is 24.7 Å². The molecule has 122 valence electrons. The van der Waals surface area contributed by atoms with Crippen molar-refractivity contribution in [2.24, 2.45) is 5.92 Å². The maximum absolute atomic E-state index is 11.6. The molecule has 0 spiro atoms. The van der Waals surface area contributed by atoms with Gasteiger partial charge in [0.15, 0.2) is 0 Å². The van der Waals surface area contributed by atoms with Crippen LogP contribution in [0, 0.1) is 5.92 Å². The Bertz CT molecular complexity index is 695. The average Bonchev–Trinajstić information content (AvgIpc) is 3.22. The fourth-order valence-electron chi connectivity index (χ4n) is 2.94. The first kappa shape index (κ1) is 15.7. The highest BCUT2D eigenvalue weighted by Gasteiger charge is 2.35. The molecule has 2 aromatic rings. The van der Waals surface area contributed by atoms with E-state index in [0.717, 1.165) is 12.0 Å². The Morgan fingerprint density at radius 3 is 2.96 bits per heavy atom. The van der Waals surface area contributed by atoms with E-state index in [1.54, 1.807) is 18.2 Å². The molecule has 0 bridgehead atoms. The second-order valence-corrected chi connectivity index (χ2v) is 6.00. The lowest BCUT2D eigenvalue weighted by molar-refractivity contribution is 0.0600. The standard InChI is InChI=1S/C17H20N2O4/c1-10(2)14-13(7-8-22-14)16-18-15(19-23-16)11-5-4-6-12(9-11)17(20)21-3/h4-6,9-10,13-14H,7-8H2,1-3H3/t13-,14+/m0/s1. The van der Waals surface area contributed by atoms with E-state index in [2.05, 4.69) is 24.0 Å². The van der Waals surface area contributed by atoms with Gasteiger partial charge < -0.3 is 14.0 Å². The molecule has 23 heavy (non-hydrogen) atoms. The van der Waals surface area contributed by atoms with Gasteiger partial charge in [-0.1, -0.05) is 31.1 Å². The molecule has 1 aliphatic heterocycles. The number of carbonyl (C=O) groups excluding carboxylic acids is 1. The average molecular weight is 316 g/mol. The first-order valence-electron chi connectivity index (χ1n) is 7.74. The summed E-state index contributed by atoms with van der Waals surface area (Å²) in [4.78, 5) is 16.1. The summed E-state index contributed by atoms with van der Waals surface area (Å²) in [6, 6.07) is 7.00. The maximum atomic E-state index is 11.6. The summed E-state index contributed by atoms with van der Waals surface area (Å²) in [7, 11) is 1.35. The van der Waals surface area contributed by atoms with Crippen LogP contribution in [0.25, 0.3) is 11.4 Å². The van der Waals surface area contributed by atoms with Gasteiger partial charge in [-0.3, -0.25) is 0 Å². The van der Waals surface area contributed by atoms with Crippen molar-refractivity contribution in [3.05, 3.63) is 35.7 Å². The fourth-order valence-corrected chi connectivity index (χ4v) is 2.94. The lowest BCUT2D eigenvalue weighted by Crippen LogP contribution is -2.21. The topological polar surface area (TPSA) is 74.5 Å². The van der Waals surface area contributed by atoms with Crippen molar-refractivity contribution in [2.45, 2.75) is 32.3 Å². The molecule has 6 heteroatoms. The molecule has 0 unspecified atom stereocenters. The van der Waals surface area contributed by atoms with Crippen LogP contribution in [0.5, 0.6) is 0 Å². The number of esters is 1. The van der Waals surface area contributed by atoms with Gasteiger partial charge in [0.25, 0.3) is 0 Å². The largest absolute Gasteiger partial charge is 0.465 e. The van der Waals surface area contributed by atoms with E-state index in [1.807, 2.05) is 6.07 Å². The van der Waals surface area contributed by atoms with Gasteiger partial charge in [-0.15, -0.1) is 0 Å². The van der Waals surface area contributed by atoms with Crippen molar-refractivity contribution in [3.8, 4) is 11.4 Å². The molecule has 1 aromatic heterocycles. The number of methoxy groups -OCH3 is 1. The first-order chi connectivity index (χ1) is 11.1. The van der Waals surface area contributed by atoms with Crippen LogP contribution in [0.4, 0.5) is 0 Å². The van der Waals surface area contributed by atoms with Gasteiger partial charge >= 0.3 is 5.97 Å². The number of hydrogen-bond donors (Lipinski definition) is 0. The summed E-state index contributed by atoms with van der Waals surface area (Å²) in [6.45, 7) is 4.96. The van der Waals surface area contributed by atoms with Crippen molar-refractivity contribution >= 4 is 5.97 Å². The van der Waals surface area contributed by atoms with E-state index < -0.39 is 0 Å². The van der Waals surface area contributed by atoms with Crippen molar-refractivity contribution in [3.63, 3.8) is 0 Å². The van der Waals surface area contributed by atoms with Crippen LogP contribution in [0.3, 0.4) is 0 Å². The molecule has 6 nitrogen and oxygen atoms in total. The van der Waals surface area contributed by atoms with Crippen LogP contribution >= 0.6 is 0 Å². The van der Waals surface area contributed by atoms with E-state index in [9.17, 15) is 4.79 Å².